The van der Waals surface area contributed by atoms with Crippen LogP contribution in [0.25, 0.3) is 0 Å². The fourth-order valence-electron chi connectivity index (χ4n) is 2.43. The van der Waals surface area contributed by atoms with Crippen LogP contribution in [-0.2, 0) is 4.79 Å². The van der Waals surface area contributed by atoms with E-state index in [0.29, 0.717) is 0 Å². The quantitative estimate of drug-likeness (QED) is 0.885. The summed E-state index contributed by atoms with van der Waals surface area (Å²) < 4.78 is 0. The van der Waals surface area contributed by atoms with E-state index < -0.39 is 12.0 Å². The number of benzene rings is 1. The minimum atomic E-state index is -0.756. The van der Waals surface area contributed by atoms with Gasteiger partial charge in [0.15, 0.2) is 0 Å². The number of nitrogens with zero attached hydrogens (tertiary/aromatic N) is 1. The molecule has 0 saturated heterocycles. The van der Waals surface area contributed by atoms with E-state index in [1.165, 1.54) is 11.1 Å². The van der Waals surface area contributed by atoms with Crippen molar-refractivity contribution in [2.24, 2.45) is 5.92 Å². The fourth-order valence-corrected chi connectivity index (χ4v) is 2.43. The van der Waals surface area contributed by atoms with Gasteiger partial charge in [-0.15, -0.1) is 0 Å². The lowest BCUT2D eigenvalue weighted by Gasteiger charge is -2.33. The van der Waals surface area contributed by atoms with Crippen molar-refractivity contribution >= 4 is 5.97 Å². The molecule has 0 saturated carbocycles. The molecule has 0 amide bonds. The zero-order valence-electron chi connectivity index (χ0n) is 12.8. The zero-order valence-corrected chi connectivity index (χ0v) is 12.8. The minimum absolute atomic E-state index is 0.0801. The normalized spacial score (nSPS) is 14.7. The molecule has 0 aliphatic rings. The molecule has 0 aliphatic heterocycles. The molecule has 1 aromatic rings. The first kappa shape index (κ1) is 15.7. The number of rotatable bonds is 5. The summed E-state index contributed by atoms with van der Waals surface area (Å²) in [5.41, 5.74) is 3.67. The molecule has 3 heteroatoms. The van der Waals surface area contributed by atoms with E-state index in [2.05, 4.69) is 39.0 Å². The second kappa shape index (κ2) is 6.20. The molecule has 2 unspecified atom stereocenters. The Hall–Kier alpha value is -1.35. The van der Waals surface area contributed by atoms with Gasteiger partial charge >= 0.3 is 5.97 Å². The van der Waals surface area contributed by atoms with Crippen LogP contribution in [0, 0.1) is 19.8 Å². The third kappa shape index (κ3) is 3.57. The van der Waals surface area contributed by atoms with Gasteiger partial charge in [0.25, 0.3) is 0 Å². The zero-order chi connectivity index (χ0) is 14.7. The Morgan fingerprint density at radius 2 is 1.74 bits per heavy atom. The fraction of sp³-hybridized carbons (Fsp3) is 0.562. The number of carboxylic acid groups (broad SMARTS) is 1. The topological polar surface area (TPSA) is 40.5 Å². The monoisotopic (exact) mass is 263 g/mol. The summed E-state index contributed by atoms with van der Waals surface area (Å²) in [6.45, 7) is 10.1. The third-order valence-electron chi connectivity index (χ3n) is 3.95. The van der Waals surface area contributed by atoms with Gasteiger partial charge in [0.2, 0.25) is 0 Å². The van der Waals surface area contributed by atoms with E-state index >= 15 is 0 Å². The SMILES string of the molecule is Cc1ccc(C(C)N(C)C(C(=O)O)C(C)C)cc1C. The second-order valence-corrected chi connectivity index (χ2v) is 5.71. The highest BCUT2D eigenvalue weighted by atomic mass is 16.4. The molecule has 0 fully saturated rings. The first-order chi connectivity index (χ1) is 8.75. The number of hydrogen-bond donors (Lipinski definition) is 1. The van der Waals surface area contributed by atoms with Crippen LogP contribution in [-0.4, -0.2) is 29.1 Å². The van der Waals surface area contributed by atoms with E-state index in [1.807, 2.05) is 25.8 Å². The lowest BCUT2D eigenvalue weighted by molar-refractivity contribution is -0.145. The maximum atomic E-state index is 11.4. The molecule has 3 nitrogen and oxygen atoms in total. The van der Waals surface area contributed by atoms with Crippen molar-refractivity contribution in [3.05, 3.63) is 34.9 Å². The van der Waals surface area contributed by atoms with Crippen LogP contribution < -0.4 is 0 Å². The molecule has 0 aromatic heterocycles. The maximum absolute atomic E-state index is 11.4. The first-order valence-corrected chi connectivity index (χ1v) is 6.77. The van der Waals surface area contributed by atoms with Crippen molar-refractivity contribution in [1.29, 1.82) is 0 Å². The molecule has 0 heterocycles. The molecule has 0 spiro atoms. The van der Waals surface area contributed by atoms with Crippen LogP contribution in [0.2, 0.25) is 0 Å². The smallest absolute Gasteiger partial charge is 0.321 e. The van der Waals surface area contributed by atoms with Crippen LogP contribution in [0.15, 0.2) is 18.2 Å². The number of hydrogen-bond acceptors (Lipinski definition) is 2. The Labute approximate surface area is 116 Å². The predicted octanol–water partition coefficient (Wildman–Crippen LogP) is 3.41. The highest BCUT2D eigenvalue weighted by Gasteiger charge is 2.29. The molecule has 2 atom stereocenters. The summed E-state index contributed by atoms with van der Waals surface area (Å²) in [6.07, 6.45) is 0. The van der Waals surface area contributed by atoms with Gasteiger partial charge in [-0.1, -0.05) is 32.0 Å². The number of likely N-dealkylation sites (N-methyl/N-ethyl adjacent to an activating group) is 1. The van der Waals surface area contributed by atoms with Gasteiger partial charge in [0, 0.05) is 6.04 Å². The number of aliphatic carboxylic acids is 1. The Bertz CT molecular complexity index is 454. The van der Waals surface area contributed by atoms with E-state index in [-0.39, 0.29) is 12.0 Å². The lowest BCUT2D eigenvalue weighted by atomic mass is 9.97. The number of carboxylic acids is 1. The standard InChI is InChI=1S/C16H25NO2/c1-10(2)15(16(18)19)17(6)13(5)14-8-7-11(3)12(4)9-14/h7-10,13,15H,1-6H3,(H,18,19). The highest BCUT2D eigenvalue weighted by Crippen LogP contribution is 2.25. The van der Waals surface area contributed by atoms with Crippen molar-refractivity contribution in [2.75, 3.05) is 7.05 Å². The number of carbonyl (C=O) groups is 1. The minimum Gasteiger partial charge on any atom is -0.480 e. The van der Waals surface area contributed by atoms with E-state index in [1.54, 1.807) is 0 Å². The van der Waals surface area contributed by atoms with Crippen molar-refractivity contribution in [3.8, 4) is 0 Å². The molecular weight excluding hydrogens is 238 g/mol. The van der Waals surface area contributed by atoms with Gasteiger partial charge in [0.1, 0.15) is 6.04 Å². The average Bonchev–Trinajstić information content (AvgIpc) is 2.30. The molecule has 19 heavy (non-hydrogen) atoms. The van der Waals surface area contributed by atoms with E-state index in [0.717, 1.165) is 5.56 Å². The summed E-state index contributed by atoms with van der Waals surface area (Å²) in [7, 11) is 1.89. The van der Waals surface area contributed by atoms with Gasteiger partial charge in [0.05, 0.1) is 0 Å². The van der Waals surface area contributed by atoms with Crippen molar-refractivity contribution < 1.29 is 9.90 Å². The van der Waals surface area contributed by atoms with E-state index in [4.69, 9.17) is 0 Å². The van der Waals surface area contributed by atoms with Crippen LogP contribution >= 0.6 is 0 Å². The molecule has 0 aliphatic carbocycles. The van der Waals surface area contributed by atoms with Crippen LogP contribution in [0.4, 0.5) is 0 Å². The molecule has 1 N–H and O–H groups in total. The predicted molar refractivity (Wildman–Crippen MR) is 78.4 cm³/mol. The second-order valence-electron chi connectivity index (χ2n) is 5.71. The van der Waals surface area contributed by atoms with Crippen molar-refractivity contribution in [2.45, 2.75) is 46.7 Å². The molecule has 0 bridgehead atoms. The van der Waals surface area contributed by atoms with Crippen LogP contribution in [0.3, 0.4) is 0 Å². The Kier molecular flexibility index (Phi) is 5.12. The third-order valence-corrected chi connectivity index (χ3v) is 3.95. The number of aryl methyl sites for hydroxylation is 2. The van der Waals surface area contributed by atoms with E-state index in [9.17, 15) is 9.90 Å². The summed E-state index contributed by atoms with van der Waals surface area (Å²) >= 11 is 0. The highest BCUT2D eigenvalue weighted by molar-refractivity contribution is 5.73. The molecule has 0 radical (unpaired) electrons. The van der Waals surface area contributed by atoms with Gasteiger partial charge < -0.3 is 5.11 Å². The Morgan fingerprint density at radius 3 is 2.16 bits per heavy atom. The Morgan fingerprint density at radius 1 is 1.16 bits per heavy atom. The Balaban J connectivity index is 3.00. The van der Waals surface area contributed by atoms with Crippen LogP contribution in [0.5, 0.6) is 0 Å². The van der Waals surface area contributed by atoms with Gasteiger partial charge in [-0.3, -0.25) is 9.69 Å². The van der Waals surface area contributed by atoms with Crippen LogP contribution in [0.1, 0.15) is 43.5 Å². The molecule has 1 aromatic carbocycles. The van der Waals surface area contributed by atoms with Crippen molar-refractivity contribution in [1.82, 2.24) is 4.90 Å². The van der Waals surface area contributed by atoms with Gasteiger partial charge in [-0.2, -0.15) is 0 Å². The lowest BCUT2D eigenvalue weighted by Crippen LogP contribution is -2.43. The maximum Gasteiger partial charge on any atom is 0.321 e. The summed E-state index contributed by atoms with van der Waals surface area (Å²) in [4.78, 5) is 13.3. The van der Waals surface area contributed by atoms with Gasteiger partial charge in [-0.05, 0) is 50.4 Å². The average molecular weight is 263 g/mol. The summed E-state index contributed by atoms with van der Waals surface area (Å²) in [6, 6.07) is 5.96. The van der Waals surface area contributed by atoms with Gasteiger partial charge in [-0.25, -0.2) is 0 Å². The van der Waals surface area contributed by atoms with Crippen molar-refractivity contribution in [3.63, 3.8) is 0 Å². The largest absolute Gasteiger partial charge is 0.480 e. The summed E-state index contributed by atoms with van der Waals surface area (Å²) in [5, 5.41) is 9.37. The molecule has 1 rings (SSSR count). The first-order valence-electron chi connectivity index (χ1n) is 6.77. The molecule has 106 valence electrons. The molecular formula is C16H25NO2. The summed E-state index contributed by atoms with van der Waals surface area (Å²) in [5.74, 6) is -0.676.